The third-order valence-electron chi connectivity index (χ3n) is 2.75. The van der Waals surface area contributed by atoms with Crippen LogP contribution in [-0.2, 0) is 0 Å². The van der Waals surface area contributed by atoms with Crippen LogP contribution in [0.3, 0.4) is 0 Å². The van der Waals surface area contributed by atoms with Gasteiger partial charge in [-0.15, -0.1) is 0 Å². The molecule has 3 rings (SSSR count). The van der Waals surface area contributed by atoms with Crippen molar-refractivity contribution in [2.45, 2.75) is 0 Å². The lowest BCUT2D eigenvalue weighted by atomic mass is 10.1. The summed E-state index contributed by atoms with van der Waals surface area (Å²) in [7, 11) is 0. The highest BCUT2D eigenvalue weighted by Gasteiger charge is 2.12. The fourth-order valence-electron chi connectivity index (χ4n) is 1.91. The number of nitrogens with zero attached hydrogens (tertiary/aromatic N) is 2. The highest BCUT2D eigenvalue weighted by Crippen LogP contribution is 2.22. The number of hydrogen-bond donors (Lipinski definition) is 0. The standard InChI is InChI=1S/C14H9ClN2O/c15-13-12(10-6-2-1-3-7-10)14(18)17-9-5-4-8-11(17)16-13/h1-9H. The molecule has 0 amide bonds. The van der Waals surface area contributed by atoms with Crippen LogP contribution in [0.1, 0.15) is 0 Å². The quantitative estimate of drug-likeness (QED) is 0.627. The topological polar surface area (TPSA) is 34.4 Å². The van der Waals surface area contributed by atoms with Crippen molar-refractivity contribution in [1.29, 1.82) is 0 Å². The van der Waals surface area contributed by atoms with E-state index in [4.69, 9.17) is 11.6 Å². The van der Waals surface area contributed by atoms with Gasteiger partial charge in [-0.1, -0.05) is 48.0 Å². The summed E-state index contributed by atoms with van der Waals surface area (Å²) in [5, 5.41) is 0.234. The summed E-state index contributed by atoms with van der Waals surface area (Å²) in [4.78, 5) is 16.6. The highest BCUT2D eigenvalue weighted by atomic mass is 35.5. The smallest absolute Gasteiger partial charge is 0.267 e. The highest BCUT2D eigenvalue weighted by molar-refractivity contribution is 6.32. The summed E-state index contributed by atoms with van der Waals surface area (Å²) >= 11 is 6.12. The minimum absolute atomic E-state index is 0.156. The molecule has 2 aromatic heterocycles. The molecule has 18 heavy (non-hydrogen) atoms. The Labute approximate surface area is 108 Å². The summed E-state index contributed by atoms with van der Waals surface area (Å²) < 4.78 is 1.49. The van der Waals surface area contributed by atoms with E-state index in [2.05, 4.69) is 4.98 Å². The van der Waals surface area contributed by atoms with Gasteiger partial charge in [0.25, 0.3) is 5.56 Å². The molecule has 2 heterocycles. The van der Waals surface area contributed by atoms with E-state index in [0.717, 1.165) is 5.56 Å². The van der Waals surface area contributed by atoms with Gasteiger partial charge in [0.2, 0.25) is 0 Å². The Morgan fingerprint density at radius 2 is 1.72 bits per heavy atom. The molecular formula is C14H9ClN2O. The first-order chi connectivity index (χ1) is 8.77. The lowest BCUT2D eigenvalue weighted by Gasteiger charge is -2.06. The van der Waals surface area contributed by atoms with Gasteiger partial charge in [0, 0.05) is 6.20 Å². The molecule has 0 aliphatic carbocycles. The van der Waals surface area contributed by atoms with E-state index in [9.17, 15) is 4.79 Å². The van der Waals surface area contributed by atoms with Crippen LogP contribution >= 0.6 is 11.6 Å². The van der Waals surface area contributed by atoms with Gasteiger partial charge in [-0.05, 0) is 17.7 Å². The molecule has 0 fully saturated rings. The zero-order valence-corrected chi connectivity index (χ0v) is 10.1. The van der Waals surface area contributed by atoms with Gasteiger partial charge >= 0.3 is 0 Å². The molecule has 1 aromatic carbocycles. The molecule has 88 valence electrons. The van der Waals surface area contributed by atoms with Gasteiger partial charge in [0.1, 0.15) is 10.8 Å². The fraction of sp³-hybridized carbons (Fsp3) is 0. The number of pyridine rings is 1. The Bertz CT molecular complexity index is 766. The average molecular weight is 257 g/mol. The van der Waals surface area contributed by atoms with Crippen LogP contribution in [0, 0.1) is 0 Å². The van der Waals surface area contributed by atoms with E-state index in [1.807, 2.05) is 36.4 Å². The van der Waals surface area contributed by atoms with Crippen LogP contribution in [0.5, 0.6) is 0 Å². The van der Waals surface area contributed by atoms with Crippen LogP contribution < -0.4 is 5.56 Å². The average Bonchev–Trinajstić information content (AvgIpc) is 2.40. The van der Waals surface area contributed by atoms with Gasteiger partial charge in [-0.2, -0.15) is 0 Å². The molecule has 0 bridgehead atoms. The van der Waals surface area contributed by atoms with Crippen molar-refractivity contribution in [3.63, 3.8) is 0 Å². The first-order valence-electron chi connectivity index (χ1n) is 5.50. The number of fused-ring (bicyclic) bond motifs is 1. The summed E-state index contributed by atoms with van der Waals surface area (Å²) in [5.74, 6) is 0. The lowest BCUT2D eigenvalue weighted by Crippen LogP contribution is -2.17. The van der Waals surface area contributed by atoms with Crippen LogP contribution in [0.25, 0.3) is 16.8 Å². The maximum Gasteiger partial charge on any atom is 0.267 e. The summed E-state index contributed by atoms with van der Waals surface area (Å²) in [6.45, 7) is 0. The van der Waals surface area contributed by atoms with E-state index in [-0.39, 0.29) is 10.7 Å². The van der Waals surface area contributed by atoms with E-state index in [1.54, 1.807) is 18.3 Å². The Kier molecular flexibility index (Phi) is 2.61. The zero-order valence-electron chi connectivity index (χ0n) is 9.38. The van der Waals surface area contributed by atoms with Gasteiger partial charge < -0.3 is 0 Å². The van der Waals surface area contributed by atoms with E-state index in [0.29, 0.717) is 11.2 Å². The number of rotatable bonds is 1. The van der Waals surface area contributed by atoms with Crippen LogP contribution in [0.4, 0.5) is 0 Å². The van der Waals surface area contributed by atoms with E-state index in [1.165, 1.54) is 4.40 Å². The molecule has 0 spiro atoms. The number of hydrogen-bond acceptors (Lipinski definition) is 2. The minimum Gasteiger partial charge on any atom is -0.268 e. The number of aromatic nitrogens is 2. The van der Waals surface area contributed by atoms with Crippen molar-refractivity contribution in [2.24, 2.45) is 0 Å². The molecule has 0 saturated carbocycles. The van der Waals surface area contributed by atoms with Crippen molar-refractivity contribution < 1.29 is 0 Å². The van der Waals surface area contributed by atoms with Crippen LogP contribution in [0.15, 0.2) is 59.5 Å². The van der Waals surface area contributed by atoms with Crippen molar-refractivity contribution in [3.8, 4) is 11.1 Å². The Morgan fingerprint density at radius 3 is 2.50 bits per heavy atom. The first kappa shape index (κ1) is 11.0. The molecule has 0 aliphatic heterocycles. The van der Waals surface area contributed by atoms with Crippen molar-refractivity contribution in [2.75, 3.05) is 0 Å². The maximum atomic E-state index is 12.4. The molecule has 3 aromatic rings. The normalized spacial score (nSPS) is 10.7. The van der Waals surface area contributed by atoms with Crippen molar-refractivity contribution >= 4 is 17.2 Å². The van der Waals surface area contributed by atoms with Gasteiger partial charge in [0.15, 0.2) is 0 Å². The lowest BCUT2D eigenvalue weighted by molar-refractivity contribution is 1.05. The second kappa shape index (κ2) is 4.27. The molecule has 4 heteroatoms. The minimum atomic E-state index is -0.156. The van der Waals surface area contributed by atoms with E-state index < -0.39 is 0 Å². The largest absolute Gasteiger partial charge is 0.268 e. The van der Waals surface area contributed by atoms with Gasteiger partial charge in [-0.25, -0.2) is 4.98 Å². The molecule has 3 nitrogen and oxygen atoms in total. The van der Waals surface area contributed by atoms with Crippen molar-refractivity contribution in [3.05, 3.63) is 70.2 Å². The summed E-state index contributed by atoms with van der Waals surface area (Å²) in [5.41, 5.74) is 1.60. The number of halogens is 1. The molecular weight excluding hydrogens is 248 g/mol. The Hall–Kier alpha value is -2.13. The molecule has 0 N–H and O–H groups in total. The van der Waals surface area contributed by atoms with Crippen LogP contribution in [-0.4, -0.2) is 9.38 Å². The second-order valence-corrected chi connectivity index (χ2v) is 4.24. The fourth-order valence-corrected chi connectivity index (χ4v) is 2.19. The summed E-state index contributed by atoms with van der Waals surface area (Å²) in [6.07, 6.45) is 1.69. The second-order valence-electron chi connectivity index (χ2n) is 3.88. The van der Waals surface area contributed by atoms with Crippen LogP contribution in [0.2, 0.25) is 5.15 Å². The number of benzene rings is 1. The molecule has 0 unspecified atom stereocenters. The monoisotopic (exact) mass is 256 g/mol. The molecule has 0 atom stereocenters. The molecule has 0 aliphatic rings. The predicted molar refractivity (Wildman–Crippen MR) is 71.9 cm³/mol. The van der Waals surface area contributed by atoms with Crippen molar-refractivity contribution in [1.82, 2.24) is 9.38 Å². The molecule has 0 saturated heterocycles. The Balaban J connectivity index is 2.41. The summed E-state index contributed by atoms with van der Waals surface area (Å²) in [6, 6.07) is 14.7. The zero-order chi connectivity index (χ0) is 12.5. The predicted octanol–water partition coefficient (Wildman–Crippen LogP) is 3.01. The maximum absolute atomic E-state index is 12.4. The van der Waals surface area contributed by atoms with Gasteiger partial charge in [0.05, 0.1) is 5.56 Å². The third kappa shape index (κ3) is 1.69. The molecule has 0 radical (unpaired) electrons. The van der Waals surface area contributed by atoms with E-state index >= 15 is 0 Å². The first-order valence-corrected chi connectivity index (χ1v) is 5.87. The van der Waals surface area contributed by atoms with Gasteiger partial charge in [-0.3, -0.25) is 9.20 Å². The third-order valence-corrected chi connectivity index (χ3v) is 3.03. The Morgan fingerprint density at radius 1 is 1.00 bits per heavy atom. The SMILES string of the molecule is O=c1c(-c2ccccc2)c(Cl)nc2ccccn12.